The van der Waals surface area contributed by atoms with Gasteiger partial charge in [-0.3, -0.25) is 4.79 Å². The standard InChI is InChI=1S/C14H23ClN4OS/c1-18(2)5-6-19-14(20)13(15)12(10-17-19)16-9-11-3-7-21-8-4-11/h10-11,16H,3-9H2,1-2H3. The number of rotatable bonds is 6. The molecule has 21 heavy (non-hydrogen) atoms. The molecule has 1 aliphatic rings. The molecule has 0 amide bonds. The van der Waals surface area contributed by atoms with Crippen LogP contribution in [0.2, 0.25) is 5.02 Å². The van der Waals surface area contributed by atoms with Gasteiger partial charge in [-0.1, -0.05) is 11.6 Å². The van der Waals surface area contributed by atoms with E-state index in [2.05, 4.69) is 10.4 Å². The summed E-state index contributed by atoms with van der Waals surface area (Å²) in [5.41, 5.74) is 0.434. The van der Waals surface area contributed by atoms with Gasteiger partial charge >= 0.3 is 0 Å². The Morgan fingerprint density at radius 3 is 2.86 bits per heavy atom. The molecule has 1 saturated heterocycles. The van der Waals surface area contributed by atoms with E-state index < -0.39 is 0 Å². The highest BCUT2D eigenvalue weighted by Crippen LogP contribution is 2.24. The molecule has 0 atom stereocenters. The molecule has 1 N–H and O–H groups in total. The monoisotopic (exact) mass is 330 g/mol. The van der Waals surface area contributed by atoms with Crippen LogP contribution in [0, 0.1) is 5.92 Å². The fourth-order valence-electron chi connectivity index (χ4n) is 2.25. The van der Waals surface area contributed by atoms with Crippen LogP contribution in [-0.4, -0.2) is 53.4 Å². The number of thioether (sulfide) groups is 1. The quantitative estimate of drug-likeness (QED) is 0.864. The fourth-order valence-corrected chi connectivity index (χ4v) is 3.66. The lowest BCUT2D eigenvalue weighted by molar-refractivity contribution is 0.367. The average Bonchev–Trinajstić information content (AvgIpc) is 2.48. The highest BCUT2D eigenvalue weighted by molar-refractivity contribution is 7.99. The van der Waals surface area contributed by atoms with Gasteiger partial charge in [0.1, 0.15) is 5.02 Å². The summed E-state index contributed by atoms with van der Waals surface area (Å²) in [4.78, 5) is 14.2. The summed E-state index contributed by atoms with van der Waals surface area (Å²) in [5, 5.41) is 7.73. The summed E-state index contributed by atoms with van der Waals surface area (Å²) in [5.74, 6) is 3.12. The molecule has 118 valence electrons. The van der Waals surface area contributed by atoms with Gasteiger partial charge < -0.3 is 10.2 Å². The largest absolute Gasteiger partial charge is 0.382 e. The lowest BCUT2D eigenvalue weighted by atomic mass is 10.0. The molecule has 0 unspecified atom stereocenters. The lowest BCUT2D eigenvalue weighted by Gasteiger charge is -2.22. The predicted molar refractivity (Wildman–Crippen MR) is 90.6 cm³/mol. The van der Waals surface area contributed by atoms with Crippen LogP contribution in [0.5, 0.6) is 0 Å². The maximum atomic E-state index is 12.2. The van der Waals surface area contributed by atoms with Crippen molar-refractivity contribution in [3.05, 3.63) is 21.6 Å². The van der Waals surface area contributed by atoms with Gasteiger partial charge in [-0.15, -0.1) is 0 Å². The van der Waals surface area contributed by atoms with Gasteiger partial charge in [0.05, 0.1) is 18.4 Å². The van der Waals surface area contributed by atoms with E-state index in [1.165, 1.54) is 29.0 Å². The minimum absolute atomic E-state index is 0.220. The molecule has 1 aromatic heterocycles. The molecule has 0 aliphatic carbocycles. The Bertz CT molecular complexity index is 514. The number of halogens is 1. The highest BCUT2D eigenvalue weighted by atomic mass is 35.5. The maximum Gasteiger partial charge on any atom is 0.287 e. The molecule has 0 aromatic carbocycles. The van der Waals surface area contributed by atoms with E-state index in [4.69, 9.17) is 11.6 Å². The van der Waals surface area contributed by atoms with Crippen molar-refractivity contribution >= 4 is 29.1 Å². The van der Waals surface area contributed by atoms with Gasteiger partial charge in [0.25, 0.3) is 5.56 Å². The lowest BCUT2D eigenvalue weighted by Crippen LogP contribution is -2.29. The molecule has 2 rings (SSSR count). The molecule has 7 heteroatoms. The molecule has 1 aliphatic heterocycles. The number of anilines is 1. The first-order chi connectivity index (χ1) is 10.1. The average molecular weight is 331 g/mol. The van der Waals surface area contributed by atoms with E-state index in [0.29, 0.717) is 18.2 Å². The molecule has 5 nitrogen and oxygen atoms in total. The number of aromatic nitrogens is 2. The molecule has 0 spiro atoms. The van der Waals surface area contributed by atoms with Crippen LogP contribution in [0.1, 0.15) is 12.8 Å². The third-order valence-corrected chi connectivity index (χ3v) is 5.08. The van der Waals surface area contributed by atoms with Crippen molar-refractivity contribution < 1.29 is 0 Å². The van der Waals surface area contributed by atoms with Crippen LogP contribution in [-0.2, 0) is 6.54 Å². The SMILES string of the molecule is CN(C)CCn1ncc(NCC2CCSCC2)c(Cl)c1=O. The van der Waals surface area contributed by atoms with Crippen molar-refractivity contribution in [2.75, 3.05) is 44.0 Å². The Kier molecular flexibility index (Phi) is 6.39. The van der Waals surface area contributed by atoms with E-state index in [-0.39, 0.29) is 10.6 Å². The van der Waals surface area contributed by atoms with Crippen LogP contribution in [0.3, 0.4) is 0 Å². The zero-order chi connectivity index (χ0) is 15.2. The predicted octanol–water partition coefficient (Wildman–Crippen LogP) is 2.01. The summed E-state index contributed by atoms with van der Waals surface area (Å²) < 4.78 is 1.42. The Labute approximate surface area is 135 Å². The van der Waals surface area contributed by atoms with E-state index >= 15 is 0 Å². The van der Waals surface area contributed by atoms with Crippen molar-refractivity contribution in [1.82, 2.24) is 14.7 Å². The summed E-state index contributed by atoms with van der Waals surface area (Å²) in [6.07, 6.45) is 4.11. The molecule has 1 fully saturated rings. The van der Waals surface area contributed by atoms with Gasteiger partial charge in [0.15, 0.2) is 0 Å². The van der Waals surface area contributed by atoms with Crippen molar-refractivity contribution in [1.29, 1.82) is 0 Å². The summed E-state index contributed by atoms with van der Waals surface area (Å²) in [7, 11) is 3.93. The van der Waals surface area contributed by atoms with Crippen LogP contribution >= 0.6 is 23.4 Å². The van der Waals surface area contributed by atoms with E-state index in [1.807, 2.05) is 30.8 Å². The van der Waals surface area contributed by atoms with Crippen LogP contribution in [0.4, 0.5) is 5.69 Å². The third-order valence-electron chi connectivity index (χ3n) is 3.67. The van der Waals surface area contributed by atoms with Crippen LogP contribution in [0.25, 0.3) is 0 Å². The van der Waals surface area contributed by atoms with E-state index in [9.17, 15) is 4.79 Å². The van der Waals surface area contributed by atoms with E-state index in [0.717, 1.165) is 13.1 Å². The molecule has 0 saturated carbocycles. The number of likely N-dealkylation sites (N-methyl/N-ethyl adjacent to an activating group) is 1. The first-order valence-electron chi connectivity index (χ1n) is 7.30. The Morgan fingerprint density at radius 1 is 1.48 bits per heavy atom. The van der Waals surface area contributed by atoms with E-state index in [1.54, 1.807) is 6.20 Å². The fraction of sp³-hybridized carbons (Fsp3) is 0.714. The van der Waals surface area contributed by atoms with Crippen molar-refractivity contribution in [3.8, 4) is 0 Å². The Balaban J connectivity index is 1.97. The maximum absolute atomic E-state index is 12.2. The summed E-state index contributed by atoms with van der Waals surface area (Å²) in [6.45, 7) is 2.17. The van der Waals surface area contributed by atoms with Crippen molar-refractivity contribution in [3.63, 3.8) is 0 Å². The second-order valence-corrected chi connectivity index (χ2v) is 7.24. The summed E-state index contributed by atoms with van der Waals surface area (Å²) >= 11 is 8.19. The minimum Gasteiger partial charge on any atom is -0.382 e. The molecule has 0 radical (unpaired) electrons. The topological polar surface area (TPSA) is 50.2 Å². The molecular weight excluding hydrogens is 308 g/mol. The highest BCUT2D eigenvalue weighted by Gasteiger charge is 2.15. The number of hydrogen-bond donors (Lipinski definition) is 1. The second-order valence-electron chi connectivity index (χ2n) is 5.64. The Morgan fingerprint density at radius 2 is 2.19 bits per heavy atom. The minimum atomic E-state index is -0.220. The first kappa shape index (κ1) is 16.6. The zero-order valence-electron chi connectivity index (χ0n) is 12.6. The Hall–Kier alpha value is -0.720. The van der Waals surface area contributed by atoms with Crippen molar-refractivity contribution in [2.24, 2.45) is 5.92 Å². The van der Waals surface area contributed by atoms with Gasteiger partial charge in [-0.25, -0.2) is 4.68 Å². The van der Waals surface area contributed by atoms with Crippen LogP contribution in [0.15, 0.2) is 11.0 Å². The zero-order valence-corrected chi connectivity index (χ0v) is 14.2. The number of hydrogen-bond acceptors (Lipinski definition) is 5. The second kappa shape index (κ2) is 8.06. The molecule has 0 bridgehead atoms. The molecular formula is C14H23ClN4OS. The first-order valence-corrected chi connectivity index (χ1v) is 8.83. The third kappa shape index (κ3) is 4.90. The molecule has 1 aromatic rings. The van der Waals surface area contributed by atoms with Gasteiger partial charge in [-0.05, 0) is 44.4 Å². The van der Waals surface area contributed by atoms with Gasteiger partial charge in [-0.2, -0.15) is 16.9 Å². The smallest absolute Gasteiger partial charge is 0.287 e. The summed E-state index contributed by atoms with van der Waals surface area (Å²) in [6, 6.07) is 0. The number of nitrogens with zero attached hydrogens (tertiary/aromatic N) is 3. The van der Waals surface area contributed by atoms with Crippen molar-refractivity contribution in [2.45, 2.75) is 19.4 Å². The number of nitrogens with one attached hydrogen (secondary N) is 1. The normalized spacial score (nSPS) is 16.4. The molecule has 2 heterocycles. The van der Waals surface area contributed by atoms with Gasteiger partial charge in [0.2, 0.25) is 0 Å². The van der Waals surface area contributed by atoms with Crippen LogP contribution < -0.4 is 10.9 Å². The van der Waals surface area contributed by atoms with Gasteiger partial charge in [0, 0.05) is 13.1 Å².